The van der Waals surface area contributed by atoms with Crippen LogP contribution in [-0.4, -0.2) is 59.0 Å². The predicted octanol–water partition coefficient (Wildman–Crippen LogP) is 1.98. The van der Waals surface area contributed by atoms with E-state index >= 15 is 0 Å². The van der Waals surface area contributed by atoms with Crippen LogP contribution in [0.3, 0.4) is 0 Å². The van der Waals surface area contributed by atoms with Crippen molar-refractivity contribution in [2.24, 2.45) is 0 Å². The van der Waals surface area contributed by atoms with Crippen LogP contribution in [0.25, 0.3) is 10.9 Å². The van der Waals surface area contributed by atoms with E-state index in [1.165, 1.54) is 0 Å². The van der Waals surface area contributed by atoms with Gasteiger partial charge in [-0.2, -0.15) is 5.10 Å². The first-order chi connectivity index (χ1) is 12.7. The SMILES string of the molecule is COc1ccc2nccc(NCc3nc(C4COCCN4C)n[nH]3)c2c1. The summed E-state index contributed by atoms with van der Waals surface area (Å²) in [6, 6.07) is 7.88. The van der Waals surface area contributed by atoms with Crippen LogP contribution in [0.5, 0.6) is 5.75 Å². The number of aromatic amines is 1. The molecule has 1 fully saturated rings. The molecule has 3 heterocycles. The molecule has 2 N–H and O–H groups in total. The van der Waals surface area contributed by atoms with Crippen LogP contribution < -0.4 is 10.1 Å². The molecule has 0 saturated carbocycles. The maximum Gasteiger partial charge on any atom is 0.170 e. The molecule has 3 aromatic rings. The number of likely N-dealkylation sites (N-methyl/N-ethyl adjacent to an activating group) is 1. The van der Waals surface area contributed by atoms with Gasteiger partial charge in [0.15, 0.2) is 5.82 Å². The fourth-order valence-electron chi connectivity index (χ4n) is 3.08. The molecular formula is C18H22N6O2. The number of aromatic nitrogens is 4. The first-order valence-electron chi connectivity index (χ1n) is 8.60. The molecule has 4 rings (SSSR count). The maximum absolute atomic E-state index is 5.55. The molecule has 1 aromatic carbocycles. The Labute approximate surface area is 151 Å². The van der Waals surface area contributed by atoms with Crippen molar-refractivity contribution in [3.05, 3.63) is 42.1 Å². The van der Waals surface area contributed by atoms with Gasteiger partial charge in [0, 0.05) is 23.8 Å². The Bertz CT molecular complexity index is 896. The molecule has 1 aliphatic heterocycles. The fraction of sp³-hybridized carbons (Fsp3) is 0.389. The summed E-state index contributed by atoms with van der Waals surface area (Å²) >= 11 is 0. The van der Waals surface area contributed by atoms with E-state index in [4.69, 9.17) is 9.47 Å². The van der Waals surface area contributed by atoms with Crippen LogP contribution in [0, 0.1) is 0 Å². The molecular weight excluding hydrogens is 332 g/mol. The number of anilines is 1. The average molecular weight is 354 g/mol. The zero-order valence-electron chi connectivity index (χ0n) is 14.9. The van der Waals surface area contributed by atoms with E-state index < -0.39 is 0 Å². The Morgan fingerprint density at radius 3 is 3.15 bits per heavy atom. The fourth-order valence-corrected chi connectivity index (χ4v) is 3.08. The topological polar surface area (TPSA) is 88.2 Å². The molecule has 8 nitrogen and oxygen atoms in total. The monoisotopic (exact) mass is 354 g/mol. The van der Waals surface area contributed by atoms with Crippen molar-refractivity contribution in [2.75, 3.05) is 39.2 Å². The van der Waals surface area contributed by atoms with E-state index in [1.54, 1.807) is 13.3 Å². The largest absolute Gasteiger partial charge is 0.497 e. The zero-order chi connectivity index (χ0) is 17.9. The lowest BCUT2D eigenvalue weighted by molar-refractivity contribution is 0.00194. The lowest BCUT2D eigenvalue weighted by Crippen LogP contribution is -2.37. The van der Waals surface area contributed by atoms with Gasteiger partial charge < -0.3 is 14.8 Å². The number of morpholine rings is 1. The van der Waals surface area contributed by atoms with Gasteiger partial charge in [-0.3, -0.25) is 15.0 Å². The van der Waals surface area contributed by atoms with Gasteiger partial charge in [-0.25, -0.2) is 4.98 Å². The molecule has 26 heavy (non-hydrogen) atoms. The first kappa shape index (κ1) is 16.7. The number of H-pyrrole nitrogens is 1. The van der Waals surface area contributed by atoms with Crippen molar-refractivity contribution in [2.45, 2.75) is 12.6 Å². The summed E-state index contributed by atoms with van der Waals surface area (Å²) in [6.45, 7) is 2.80. The number of fused-ring (bicyclic) bond motifs is 1. The molecule has 0 aliphatic carbocycles. The highest BCUT2D eigenvalue weighted by Crippen LogP contribution is 2.26. The van der Waals surface area contributed by atoms with Crippen LogP contribution in [0.2, 0.25) is 0 Å². The Hall–Kier alpha value is -2.71. The number of rotatable bonds is 5. The molecule has 136 valence electrons. The van der Waals surface area contributed by atoms with Gasteiger partial charge in [-0.1, -0.05) is 0 Å². The lowest BCUT2D eigenvalue weighted by atomic mass is 10.2. The number of nitrogens with one attached hydrogen (secondary N) is 2. The minimum Gasteiger partial charge on any atom is -0.497 e. The van der Waals surface area contributed by atoms with Crippen LogP contribution in [0.4, 0.5) is 5.69 Å². The van der Waals surface area contributed by atoms with E-state index in [9.17, 15) is 0 Å². The van der Waals surface area contributed by atoms with E-state index in [0.29, 0.717) is 13.2 Å². The van der Waals surface area contributed by atoms with Crippen molar-refractivity contribution in [1.29, 1.82) is 0 Å². The molecule has 1 atom stereocenters. The smallest absolute Gasteiger partial charge is 0.170 e. The van der Waals surface area contributed by atoms with Gasteiger partial charge in [0.05, 0.1) is 38.4 Å². The molecule has 0 spiro atoms. The second kappa shape index (κ2) is 7.27. The van der Waals surface area contributed by atoms with Crippen molar-refractivity contribution in [3.8, 4) is 5.75 Å². The average Bonchev–Trinajstić information content (AvgIpc) is 3.15. The van der Waals surface area contributed by atoms with Gasteiger partial charge in [0.1, 0.15) is 11.6 Å². The van der Waals surface area contributed by atoms with Gasteiger partial charge in [-0.15, -0.1) is 0 Å². The van der Waals surface area contributed by atoms with Crippen LogP contribution in [-0.2, 0) is 11.3 Å². The summed E-state index contributed by atoms with van der Waals surface area (Å²) in [4.78, 5) is 11.2. The summed E-state index contributed by atoms with van der Waals surface area (Å²) in [7, 11) is 3.73. The third-order valence-electron chi connectivity index (χ3n) is 4.64. The van der Waals surface area contributed by atoms with Gasteiger partial charge >= 0.3 is 0 Å². The van der Waals surface area contributed by atoms with E-state index in [1.807, 2.05) is 24.3 Å². The molecule has 2 aromatic heterocycles. The van der Waals surface area contributed by atoms with Crippen LogP contribution in [0.15, 0.2) is 30.5 Å². The van der Waals surface area contributed by atoms with Gasteiger partial charge in [0.2, 0.25) is 0 Å². The first-order valence-corrected chi connectivity index (χ1v) is 8.60. The van der Waals surface area contributed by atoms with Crippen molar-refractivity contribution in [3.63, 3.8) is 0 Å². The third kappa shape index (κ3) is 3.33. The molecule has 1 saturated heterocycles. The van der Waals surface area contributed by atoms with Crippen molar-refractivity contribution < 1.29 is 9.47 Å². The Kier molecular flexibility index (Phi) is 4.68. The summed E-state index contributed by atoms with van der Waals surface area (Å²) < 4.78 is 10.9. The summed E-state index contributed by atoms with van der Waals surface area (Å²) in [6.07, 6.45) is 1.79. The summed E-state index contributed by atoms with van der Waals surface area (Å²) in [5, 5.41) is 11.8. The maximum atomic E-state index is 5.55. The van der Waals surface area contributed by atoms with Crippen molar-refractivity contribution >= 4 is 16.6 Å². The number of ether oxygens (including phenoxy) is 2. The zero-order valence-corrected chi connectivity index (χ0v) is 14.9. The standard InChI is InChI=1S/C18H22N6O2/c1-24-7-8-26-11-16(24)18-21-17(22-23-18)10-20-15-5-6-19-14-4-3-12(25-2)9-13(14)15/h3-6,9,16H,7-8,10-11H2,1-2H3,(H,19,20)(H,21,22,23). The summed E-state index contributed by atoms with van der Waals surface area (Å²) in [5.41, 5.74) is 1.89. The lowest BCUT2D eigenvalue weighted by Gasteiger charge is -2.30. The highest BCUT2D eigenvalue weighted by molar-refractivity contribution is 5.92. The minimum absolute atomic E-state index is 0.0970. The Balaban J connectivity index is 1.50. The quantitative estimate of drug-likeness (QED) is 0.724. The molecule has 0 bridgehead atoms. The predicted molar refractivity (Wildman–Crippen MR) is 98.2 cm³/mol. The third-order valence-corrected chi connectivity index (χ3v) is 4.64. The number of methoxy groups -OCH3 is 1. The number of nitrogens with zero attached hydrogens (tertiary/aromatic N) is 4. The van der Waals surface area contributed by atoms with Gasteiger partial charge in [-0.05, 0) is 31.3 Å². The minimum atomic E-state index is 0.0970. The van der Waals surface area contributed by atoms with Gasteiger partial charge in [0.25, 0.3) is 0 Å². The highest BCUT2D eigenvalue weighted by atomic mass is 16.5. The summed E-state index contributed by atoms with van der Waals surface area (Å²) in [5.74, 6) is 2.35. The molecule has 0 amide bonds. The molecule has 0 radical (unpaired) electrons. The molecule has 1 aliphatic rings. The molecule has 8 heteroatoms. The van der Waals surface area contributed by atoms with Crippen molar-refractivity contribution in [1.82, 2.24) is 25.1 Å². The highest BCUT2D eigenvalue weighted by Gasteiger charge is 2.25. The van der Waals surface area contributed by atoms with E-state index in [0.717, 1.165) is 47.1 Å². The van der Waals surface area contributed by atoms with E-state index in [-0.39, 0.29) is 6.04 Å². The second-order valence-corrected chi connectivity index (χ2v) is 6.31. The number of hydrogen-bond acceptors (Lipinski definition) is 7. The Morgan fingerprint density at radius 2 is 2.31 bits per heavy atom. The normalized spacial score (nSPS) is 18.2. The van der Waals surface area contributed by atoms with E-state index in [2.05, 4.69) is 37.4 Å². The van der Waals surface area contributed by atoms with Crippen LogP contribution in [0.1, 0.15) is 17.7 Å². The Morgan fingerprint density at radius 1 is 1.38 bits per heavy atom. The number of benzene rings is 1. The molecule has 1 unspecified atom stereocenters. The number of pyridine rings is 1. The van der Waals surface area contributed by atoms with Crippen LogP contribution >= 0.6 is 0 Å². The number of hydrogen-bond donors (Lipinski definition) is 2. The second-order valence-electron chi connectivity index (χ2n) is 6.31.